The maximum atomic E-state index is 5.16. The van der Waals surface area contributed by atoms with Gasteiger partial charge >= 0.3 is 0 Å². The second-order valence-corrected chi connectivity index (χ2v) is 14.0. The zero-order valence-corrected chi connectivity index (χ0v) is 30.0. The minimum atomic E-state index is -0.442. The normalized spacial score (nSPS) is 12.5. The topological polar surface area (TPSA) is 38.7 Å². The minimum absolute atomic E-state index is 0.442. The Labute approximate surface area is 321 Å². The van der Waals surface area contributed by atoms with Crippen LogP contribution in [-0.4, -0.2) is 15.0 Å². The van der Waals surface area contributed by atoms with Crippen LogP contribution < -0.4 is 0 Å². The molecule has 0 aliphatic heterocycles. The number of pyridine rings is 1. The van der Waals surface area contributed by atoms with E-state index in [9.17, 15) is 0 Å². The van der Waals surface area contributed by atoms with Crippen molar-refractivity contribution in [2.24, 2.45) is 0 Å². The van der Waals surface area contributed by atoms with Crippen molar-refractivity contribution >= 4 is 0 Å². The molecule has 0 N–H and O–H groups in total. The van der Waals surface area contributed by atoms with Gasteiger partial charge in [-0.25, -0.2) is 9.97 Å². The van der Waals surface area contributed by atoms with Gasteiger partial charge < -0.3 is 0 Å². The average Bonchev–Trinajstić information content (AvgIpc) is 3.58. The maximum absolute atomic E-state index is 5.16. The highest BCUT2D eigenvalue weighted by Gasteiger charge is 2.46. The molecule has 3 nitrogen and oxygen atoms in total. The molecule has 0 unspecified atom stereocenters. The van der Waals surface area contributed by atoms with Crippen LogP contribution in [0.15, 0.2) is 213 Å². The molecule has 0 atom stereocenters. The molecular weight excluding hydrogens is 667 g/mol. The fourth-order valence-electron chi connectivity index (χ4n) is 8.31. The van der Waals surface area contributed by atoms with Crippen molar-refractivity contribution in [3.05, 3.63) is 235 Å². The third-order valence-electron chi connectivity index (χ3n) is 10.9. The van der Waals surface area contributed by atoms with Crippen molar-refractivity contribution in [1.29, 1.82) is 0 Å². The molecule has 1 aliphatic carbocycles. The number of rotatable bonds is 7. The summed E-state index contributed by atoms with van der Waals surface area (Å²) in [5, 5.41) is 0. The van der Waals surface area contributed by atoms with Crippen LogP contribution in [0.3, 0.4) is 0 Å². The van der Waals surface area contributed by atoms with Crippen molar-refractivity contribution in [2.75, 3.05) is 0 Å². The molecule has 0 saturated carbocycles. The highest BCUT2D eigenvalue weighted by atomic mass is 14.9. The molecule has 55 heavy (non-hydrogen) atoms. The summed E-state index contributed by atoms with van der Waals surface area (Å²) in [7, 11) is 0. The lowest BCUT2D eigenvalue weighted by molar-refractivity contribution is 0.769. The Morgan fingerprint density at radius 3 is 1.56 bits per heavy atom. The number of aromatic nitrogens is 3. The van der Waals surface area contributed by atoms with E-state index in [0.717, 1.165) is 44.8 Å². The van der Waals surface area contributed by atoms with Gasteiger partial charge in [-0.1, -0.05) is 170 Å². The summed E-state index contributed by atoms with van der Waals surface area (Å²) < 4.78 is 0. The van der Waals surface area contributed by atoms with Gasteiger partial charge in [0, 0.05) is 29.1 Å². The lowest BCUT2D eigenvalue weighted by atomic mass is 9.67. The molecule has 7 aromatic carbocycles. The fraction of sp³-hybridized carbons (Fsp3) is 0.0192. The van der Waals surface area contributed by atoms with Crippen LogP contribution >= 0.6 is 0 Å². The molecule has 2 heterocycles. The fourth-order valence-corrected chi connectivity index (χ4v) is 8.31. The van der Waals surface area contributed by atoms with Crippen molar-refractivity contribution in [1.82, 2.24) is 15.0 Å². The Hall–Kier alpha value is -7.23. The van der Waals surface area contributed by atoms with Gasteiger partial charge in [-0.15, -0.1) is 0 Å². The molecule has 0 amide bonds. The predicted molar refractivity (Wildman–Crippen MR) is 224 cm³/mol. The van der Waals surface area contributed by atoms with E-state index < -0.39 is 5.41 Å². The van der Waals surface area contributed by atoms with Crippen molar-refractivity contribution in [2.45, 2.75) is 5.41 Å². The van der Waals surface area contributed by atoms with Gasteiger partial charge in [-0.3, -0.25) is 4.98 Å². The second-order valence-electron chi connectivity index (χ2n) is 14.0. The van der Waals surface area contributed by atoms with Gasteiger partial charge in [0.25, 0.3) is 0 Å². The molecule has 0 saturated heterocycles. The number of hydrogen-bond acceptors (Lipinski definition) is 3. The van der Waals surface area contributed by atoms with Crippen LogP contribution in [0.5, 0.6) is 0 Å². The van der Waals surface area contributed by atoms with Gasteiger partial charge in [0.05, 0.1) is 16.8 Å². The van der Waals surface area contributed by atoms with Crippen molar-refractivity contribution in [3.63, 3.8) is 0 Å². The van der Waals surface area contributed by atoms with Crippen molar-refractivity contribution < 1.29 is 0 Å². The number of nitrogens with zero attached hydrogens (tertiary/aromatic N) is 3. The third-order valence-corrected chi connectivity index (χ3v) is 10.9. The Bertz CT molecular complexity index is 2740. The smallest absolute Gasteiger partial charge is 0.160 e. The van der Waals surface area contributed by atoms with Crippen LogP contribution in [0, 0.1) is 0 Å². The largest absolute Gasteiger partial charge is 0.264 e. The summed E-state index contributed by atoms with van der Waals surface area (Å²) in [5.41, 5.74) is 16.5. The van der Waals surface area contributed by atoms with Gasteiger partial charge in [0.15, 0.2) is 5.82 Å². The van der Waals surface area contributed by atoms with E-state index in [1.807, 2.05) is 24.4 Å². The quantitative estimate of drug-likeness (QED) is 0.166. The van der Waals surface area contributed by atoms with Crippen LogP contribution in [0.25, 0.3) is 67.3 Å². The standard InChI is InChI=1S/C52H35N3/c1-4-14-36(15-5-1)39-16-12-17-41(32-39)51-54-49(34-50(55-51)42-18-13-31-53-35-42)38-27-25-37(26-28-38)40-29-30-46-45-23-10-11-24-47(45)52(48(46)33-40,43-19-6-2-7-20-43)44-21-8-3-9-22-44/h1-35H. The Morgan fingerprint density at radius 2 is 0.855 bits per heavy atom. The third kappa shape index (κ3) is 5.65. The second kappa shape index (κ2) is 13.6. The first-order chi connectivity index (χ1) is 27.3. The Kier molecular flexibility index (Phi) is 8.04. The van der Waals surface area contributed by atoms with Crippen LogP contribution in [0.2, 0.25) is 0 Å². The monoisotopic (exact) mass is 701 g/mol. The van der Waals surface area contributed by atoms with Gasteiger partial charge in [-0.2, -0.15) is 0 Å². The molecule has 0 fully saturated rings. The first-order valence-electron chi connectivity index (χ1n) is 18.7. The van der Waals surface area contributed by atoms with Crippen molar-refractivity contribution in [3.8, 4) is 67.3 Å². The SMILES string of the molecule is c1ccc(-c2cccc(-c3nc(-c4ccc(-c5ccc6c(c5)C(c5ccccc5)(c5ccccc5)c5ccccc5-6)cc4)cc(-c4cccnc4)n3)c2)cc1. The molecule has 0 bridgehead atoms. The van der Waals surface area contributed by atoms with E-state index in [-0.39, 0.29) is 0 Å². The van der Waals surface area contributed by atoms with E-state index in [4.69, 9.17) is 9.97 Å². The number of hydrogen-bond donors (Lipinski definition) is 0. The van der Waals surface area contributed by atoms with E-state index in [1.165, 1.54) is 38.9 Å². The molecular formula is C52H35N3. The zero-order valence-electron chi connectivity index (χ0n) is 30.0. The van der Waals surface area contributed by atoms with E-state index in [1.54, 1.807) is 6.20 Å². The maximum Gasteiger partial charge on any atom is 0.160 e. The molecule has 9 aromatic rings. The molecule has 10 rings (SSSR count). The van der Waals surface area contributed by atoms with E-state index in [0.29, 0.717) is 5.82 Å². The first-order valence-corrected chi connectivity index (χ1v) is 18.7. The molecule has 0 radical (unpaired) electrons. The molecule has 1 aliphatic rings. The van der Waals surface area contributed by atoms with Crippen LogP contribution in [0.1, 0.15) is 22.3 Å². The van der Waals surface area contributed by atoms with Crippen LogP contribution in [0.4, 0.5) is 0 Å². The molecule has 258 valence electrons. The number of benzene rings is 7. The molecule has 0 spiro atoms. The average molecular weight is 702 g/mol. The summed E-state index contributed by atoms with van der Waals surface area (Å²) >= 11 is 0. The van der Waals surface area contributed by atoms with Gasteiger partial charge in [-0.05, 0) is 86.0 Å². The highest BCUT2D eigenvalue weighted by Crippen LogP contribution is 2.56. The molecule has 3 heteroatoms. The Balaban J connectivity index is 1.08. The summed E-state index contributed by atoms with van der Waals surface area (Å²) in [4.78, 5) is 14.6. The Morgan fingerprint density at radius 1 is 0.327 bits per heavy atom. The minimum Gasteiger partial charge on any atom is -0.264 e. The number of fused-ring (bicyclic) bond motifs is 3. The van der Waals surface area contributed by atoms with Gasteiger partial charge in [0.1, 0.15) is 0 Å². The predicted octanol–water partition coefficient (Wildman–Crippen LogP) is 12.6. The lowest BCUT2D eigenvalue weighted by Crippen LogP contribution is -2.28. The molecule has 2 aromatic heterocycles. The lowest BCUT2D eigenvalue weighted by Gasteiger charge is -2.34. The highest BCUT2D eigenvalue weighted by molar-refractivity contribution is 5.88. The summed E-state index contributed by atoms with van der Waals surface area (Å²) in [6.45, 7) is 0. The zero-order chi connectivity index (χ0) is 36.6. The first kappa shape index (κ1) is 32.4. The van der Waals surface area contributed by atoms with Crippen LogP contribution in [-0.2, 0) is 5.41 Å². The summed E-state index contributed by atoms with van der Waals surface area (Å²) in [6.07, 6.45) is 3.65. The summed E-state index contributed by atoms with van der Waals surface area (Å²) in [5.74, 6) is 0.676. The van der Waals surface area contributed by atoms with Gasteiger partial charge in [0.2, 0.25) is 0 Å². The van der Waals surface area contributed by atoms with E-state index >= 15 is 0 Å². The summed E-state index contributed by atoms with van der Waals surface area (Å²) in [6, 6.07) is 71.5. The van der Waals surface area contributed by atoms with E-state index in [2.05, 4.69) is 187 Å².